The summed E-state index contributed by atoms with van der Waals surface area (Å²) in [5.74, 6) is -0.127. The summed E-state index contributed by atoms with van der Waals surface area (Å²) < 4.78 is 1.75. The lowest BCUT2D eigenvalue weighted by Gasteiger charge is -2.32. The highest BCUT2D eigenvalue weighted by atomic mass is 16.1. The van der Waals surface area contributed by atoms with Crippen molar-refractivity contribution in [3.05, 3.63) is 83.8 Å². The minimum atomic E-state index is -0.127. The molecule has 1 amide bonds. The molecule has 32 heavy (non-hydrogen) atoms. The summed E-state index contributed by atoms with van der Waals surface area (Å²) in [7, 11) is 0. The van der Waals surface area contributed by atoms with Crippen molar-refractivity contribution in [2.75, 3.05) is 13.1 Å². The highest BCUT2D eigenvalue weighted by molar-refractivity contribution is 5.93. The van der Waals surface area contributed by atoms with E-state index in [-0.39, 0.29) is 11.9 Å². The molecule has 3 aromatic heterocycles. The Balaban J connectivity index is 1.24. The van der Waals surface area contributed by atoms with Crippen LogP contribution in [-0.4, -0.2) is 49.5 Å². The van der Waals surface area contributed by atoms with E-state index in [2.05, 4.69) is 49.5 Å². The van der Waals surface area contributed by atoms with Crippen molar-refractivity contribution in [2.24, 2.45) is 0 Å². The summed E-state index contributed by atoms with van der Waals surface area (Å²) in [5, 5.41) is 7.78. The van der Waals surface area contributed by atoms with Gasteiger partial charge in [0.05, 0.1) is 5.69 Å². The molecular formula is C25H26N6O. The molecule has 0 aliphatic carbocycles. The first-order chi connectivity index (χ1) is 15.7. The molecule has 0 saturated carbocycles. The average Bonchev–Trinajstić information content (AvgIpc) is 3.27. The first-order valence-electron chi connectivity index (χ1n) is 11.0. The summed E-state index contributed by atoms with van der Waals surface area (Å²) in [6.45, 7) is 4.84. The van der Waals surface area contributed by atoms with E-state index in [1.165, 1.54) is 5.56 Å². The molecule has 1 aliphatic heterocycles. The van der Waals surface area contributed by atoms with Crippen molar-refractivity contribution in [3.8, 4) is 11.4 Å². The number of amides is 1. The fraction of sp³-hybridized carbons (Fsp3) is 0.280. The zero-order valence-corrected chi connectivity index (χ0v) is 18.1. The molecule has 1 N–H and O–H groups in total. The van der Waals surface area contributed by atoms with Gasteiger partial charge in [0, 0.05) is 43.6 Å². The zero-order chi connectivity index (χ0) is 21.9. The van der Waals surface area contributed by atoms with Crippen molar-refractivity contribution >= 4 is 11.6 Å². The van der Waals surface area contributed by atoms with Crippen molar-refractivity contribution < 1.29 is 4.79 Å². The van der Waals surface area contributed by atoms with E-state index in [9.17, 15) is 4.79 Å². The van der Waals surface area contributed by atoms with Crippen LogP contribution < -0.4 is 5.32 Å². The summed E-state index contributed by atoms with van der Waals surface area (Å²) in [6, 6.07) is 20.1. The number of nitrogens with one attached hydrogen (secondary N) is 1. The van der Waals surface area contributed by atoms with Crippen LogP contribution in [0.2, 0.25) is 0 Å². The van der Waals surface area contributed by atoms with E-state index < -0.39 is 0 Å². The van der Waals surface area contributed by atoms with Gasteiger partial charge in [-0.05, 0) is 43.5 Å². The van der Waals surface area contributed by atoms with Crippen LogP contribution in [0.25, 0.3) is 17.0 Å². The molecule has 5 rings (SSSR count). The fourth-order valence-electron chi connectivity index (χ4n) is 4.22. The van der Waals surface area contributed by atoms with Gasteiger partial charge in [0.25, 0.3) is 5.91 Å². The summed E-state index contributed by atoms with van der Waals surface area (Å²) in [6.07, 6.45) is 3.62. The largest absolute Gasteiger partial charge is 0.348 e. The second-order valence-corrected chi connectivity index (χ2v) is 8.31. The number of carbonyl (C=O) groups is 1. The Hall–Kier alpha value is -3.58. The molecule has 0 unspecified atom stereocenters. The molecule has 1 fully saturated rings. The topological polar surface area (TPSA) is 75.4 Å². The third-order valence-corrected chi connectivity index (χ3v) is 5.94. The van der Waals surface area contributed by atoms with Crippen molar-refractivity contribution in [3.63, 3.8) is 0 Å². The Bertz CT molecular complexity index is 1210. The Morgan fingerprint density at radius 2 is 1.81 bits per heavy atom. The monoisotopic (exact) mass is 426 g/mol. The normalized spacial score (nSPS) is 15.2. The van der Waals surface area contributed by atoms with E-state index >= 15 is 0 Å². The zero-order valence-electron chi connectivity index (χ0n) is 18.1. The second kappa shape index (κ2) is 8.88. The van der Waals surface area contributed by atoms with Crippen LogP contribution in [-0.2, 0) is 6.54 Å². The van der Waals surface area contributed by atoms with Gasteiger partial charge in [0.2, 0.25) is 0 Å². The number of aromatic nitrogens is 4. The van der Waals surface area contributed by atoms with E-state index in [1.807, 2.05) is 37.3 Å². The molecule has 162 valence electrons. The van der Waals surface area contributed by atoms with Crippen LogP contribution in [0.5, 0.6) is 0 Å². The third kappa shape index (κ3) is 4.38. The fourth-order valence-corrected chi connectivity index (χ4v) is 4.22. The summed E-state index contributed by atoms with van der Waals surface area (Å²) in [5.41, 5.74) is 4.78. The molecule has 0 radical (unpaired) electrons. The Morgan fingerprint density at radius 1 is 1.03 bits per heavy atom. The molecule has 4 heterocycles. The minimum absolute atomic E-state index is 0.127. The number of hydrogen-bond acceptors (Lipinski definition) is 5. The van der Waals surface area contributed by atoms with Crippen LogP contribution in [0.4, 0.5) is 0 Å². The lowest BCUT2D eigenvalue weighted by atomic mass is 10.0. The first-order valence-corrected chi connectivity index (χ1v) is 11.0. The van der Waals surface area contributed by atoms with Crippen molar-refractivity contribution in [1.29, 1.82) is 0 Å². The molecule has 0 atom stereocenters. The Labute approximate surface area is 187 Å². The maximum Gasteiger partial charge on any atom is 0.270 e. The SMILES string of the molecule is Cc1cc(C(=O)NC2CCN(Cc3ccccc3)CC2)nc2cc(-c3ccccn3)nn12. The first kappa shape index (κ1) is 20.3. The van der Waals surface area contributed by atoms with Gasteiger partial charge in [-0.15, -0.1) is 0 Å². The quantitative estimate of drug-likeness (QED) is 0.529. The molecule has 7 heteroatoms. The maximum atomic E-state index is 12.9. The Kier molecular flexibility index (Phi) is 5.64. The molecule has 0 spiro atoms. The Morgan fingerprint density at radius 3 is 2.56 bits per heavy atom. The number of hydrogen-bond donors (Lipinski definition) is 1. The lowest BCUT2D eigenvalue weighted by molar-refractivity contribution is 0.0904. The molecule has 1 aromatic carbocycles. The number of carbonyl (C=O) groups excluding carboxylic acids is 1. The number of rotatable bonds is 5. The summed E-state index contributed by atoms with van der Waals surface area (Å²) in [4.78, 5) is 24.3. The molecular weight excluding hydrogens is 400 g/mol. The molecule has 7 nitrogen and oxygen atoms in total. The highest BCUT2D eigenvalue weighted by Crippen LogP contribution is 2.19. The van der Waals surface area contributed by atoms with Gasteiger partial charge in [0.1, 0.15) is 11.4 Å². The number of aryl methyl sites for hydroxylation is 1. The second-order valence-electron chi connectivity index (χ2n) is 8.31. The van der Waals surface area contributed by atoms with Crippen LogP contribution in [0.3, 0.4) is 0 Å². The minimum Gasteiger partial charge on any atom is -0.348 e. The van der Waals surface area contributed by atoms with E-state index in [4.69, 9.17) is 0 Å². The number of benzene rings is 1. The van der Waals surface area contributed by atoms with Crippen molar-refractivity contribution in [1.82, 2.24) is 29.8 Å². The predicted molar refractivity (Wildman–Crippen MR) is 123 cm³/mol. The predicted octanol–water partition coefficient (Wildman–Crippen LogP) is 3.49. The van der Waals surface area contributed by atoms with Gasteiger partial charge < -0.3 is 5.32 Å². The maximum absolute atomic E-state index is 12.9. The summed E-state index contributed by atoms with van der Waals surface area (Å²) >= 11 is 0. The van der Waals surface area contributed by atoms with Gasteiger partial charge >= 0.3 is 0 Å². The van der Waals surface area contributed by atoms with Gasteiger partial charge in [-0.3, -0.25) is 14.7 Å². The van der Waals surface area contributed by atoms with Crippen LogP contribution in [0.15, 0.2) is 66.9 Å². The molecule has 1 saturated heterocycles. The number of nitrogens with zero attached hydrogens (tertiary/aromatic N) is 5. The van der Waals surface area contributed by atoms with Crippen LogP contribution in [0.1, 0.15) is 34.6 Å². The van der Waals surface area contributed by atoms with E-state index in [1.54, 1.807) is 16.8 Å². The molecule has 1 aliphatic rings. The van der Waals surface area contributed by atoms with Gasteiger partial charge in [0.15, 0.2) is 5.65 Å². The lowest BCUT2D eigenvalue weighted by Crippen LogP contribution is -2.44. The average molecular weight is 427 g/mol. The number of fused-ring (bicyclic) bond motifs is 1. The smallest absolute Gasteiger partial charge is 0.270 e. The van der Waals surface area contributed by atoms with E-state index in [0.29, 0.717) is 11.3 Å². The third-order valence-electron chi connectivity index (χ3n) is 5.94. The number of likely N-dealkylation sites (tertiary alicyclic amines) is 1. The van der Waals surface area contributed by atoms with Gasteiger partial charge in [-0.2, -0.15) is 5.10 Å². The molecule has 0 bridgehead atoms. The number of piperidine rings is 1. The van der Waals surface area contributed by atoms with Gasteiger partial charge in [-0.1, -0.05) is 36.4 Å². The van der Waals surface area contributed by atoms with Crippen LogP contribution in [0, 0.1) is 6.92 Å². The standard InChI is InChI=1S/C25H26N6O/c1-18-15-23(28-24-16-22(29-31(18)24)21-9-5-6-12-26-21)25(32)27-20-10-13-30(14-11-20)17-19-7-3-2-4-8-19/h2-9,12,15-16,20H,10-11,13-14,17H2,1H3,(H,27,32). The van der Waals surface area contributed by atoms with Crippen LogP contribution >= 0.6 is 0 Å². The highest BCUT2D eigenvalue weighted by Gasteiger charge is 2.22. The van der Waals surface area contributed by atoms with Crippen molar-refractivity contribution in [2.45, 2.75) is 32.4 Å². The van der Waals surface area contributed by atoms with Gasteiger partial charge in [-0.25, -0.2) is 9.50 Å². The number of pyridine rings is 1. The van der Waals surface area contributed by atoms with E-state index in [0.717, 1.165) is 49.6 Å². The molecule has 4 aromatic rings.